The van der Waals surface area contributed by atoms with Gasteiger partial charge in [-0.05, 0) is 27.2 Å². The van der Waals surface area contributed by atoms with E-state index in [2.05, 4.69) is 5.32 Å². The second-order valence-corrected chi connectivity index (χ2v) is 4.59. The van der Waals surface area contributed by atoms with Crippen molar-refractivity contribution >= 4 is 12.0 Å². The highest BCUT2D eigenvalue weighted by Crippen LogP contribution is 2.08. The lowest BCUT2D eigenvalue weighted by molar-refractivity contribution is -0.155. The summed E-state index contributed by atoms with van der Waals surface area (Å²) in [4.78, 5) is 24.2. The Morgan fingerprint density at radius 1 is 1.53 bits per heavy atom. The van der Waals surface area contributed by atoms with Gasteiger partial charge in [-0.25, -0.2) is 4.79 Å². The molecule has 0 radical (unpaired) electrons. The van der Waals surface area contributed by atoms with E-state index in [0.717, 1.165) is 6.42 Å². The van der Waals surface area contributed by atoms with Crippen LogP contribution in [0.4, 0.5) is 4.79 Å². The summed E-state index contributed by atoms with van der Waals surface area (Å²) < 4.78 is 5.13. The Kier molecular flexibility index (Phi) is 3.55. The van der Waals surface area contributed by atoms with Gasteiger partial charge in [-0.2, -0.15) is 0 Å². The second kappa shape index (κ2) is 4.51. The third kappa shape index (κ3) is 4.18. The quantitative estimate of drug-likeness (QED) is 0.690. The molecule has 1 heterocycles. The molecule has 0 bridgehead atoms. The zero-order valence-corrected chi connectivity index (χ0v) is 9.50. The Labute approximate surface area is 89.8 Å². The minimum Gasteiger partial charge on any atom is -0.459 e. The van der Waals surface area contributed by atoms with E-state index in [4.69, 9.17) is 4.74 Å². The molecule has 0 aromatic heterocycles. The Morgan fingerprint density at radius 3 is 2.73 bits per heavy atom. The number of carbonyl (C=O) groups is 2. The van der Waals surface area contributed by atoms with E-state index in [0.29, 0.717) is 13.1 Å². The number of urea groups is 1. The first-order valence-electron chi connectivity index (χ1n) is 5.13. The molecule has 0 unspecified atom stereocenters. The largest absolute Gasteiger partial charge is 0.459 e. The molecule has 1 fully saturated rings. The maximum Gasteiger partial charge on any atom is 0.326 e. The van der Waals surface area contributed by atoms with E-state index in [1.54, 1.807) is 20.8 Å². The van der Waals surface area contributed by atoms with Gasteiger partial charge in [0.25, 0.3) is 0 Å². The highest BCUT2D eigenvalue weighted by molar-refractivity contribution is 5.81. The van der Waals surface area contributed by atoms with E-state index in [9.17, 15) is 9.59 Å². The molecule has 0 saturated carbocycles. The summed E-state index contributed by atoms with van der Waals surface area (Å²) in [6.07, 6.45) is 0.870. The van der Waals surface area contributed by atoms with Crippen LogP contribution in [-0.4, -0.2) is 42.1 Å². The Balaban J connectivity index is 2.40. The minimum absolute atomic E-state index is 0.0309. The highest BCUT2D eigenvalue weighted by atomic mass is 16.6. The Hall–Kier alpha value is -1.26. The predicted molar refractivity (Wildman–Crippen MR) is 55.4 cm³/mol. The van der Waals surface area contributed by atoms with Crippen molar-refractivity contribution in [2.24, 2.45) is 0 Å². The van der Waals surface area contributed by atoms with E-state index in [-0.39, 0.29) is 18.5 Å². The number of nitrogens with zero attached hydrogens (tertiary/aromatic N) is 1. The average molecular weight is 214 g/mol. The Morgan fingerprint density at radius 2 is 2.20 bits per heavy atom. The van der Waals surface area contributed by atoms with Crippen molar-refractivity contribution in [2.75, 3.05) is 19.6 Å². The minimum atomic E-state index is -0.497. The fourth-order valence-electron chi connectivity index (χ4n) is 1.36. The molecule has 0 aromatic rings. The molecule has 5 heteroatoms. The van der Waals surface area contributed by atoms with Crippen molar-refractivity contribution < 1.29 is 14.3 Å². The molecular weight excluding hydrogens is 196 g/mol. The number of ether oxygens (including phenoxy) is 1. The van der Waals surface area contributed by atoms with Crippen molar-refractivity contribution in [3.05, 3.63) is 0 Å². The third-order valence-corrected chi connectivity index (χ3v) is 1.91. The molecule has 15 heavy (non-hydrogen) atoms. The molecule has 1 aliphatic heterocycles. The fraction of sp³-hybridized carbons (Fsp3) is 0.800. The molecule has 0 aliphatic carbocycles. The van der Waals surface area contributed by atoms with E-state index in [1.165, 1.54) is 4.90 Å². The second-order valence-electron chi connectivity index (χ2n) is 4.59. The van der Waals surface area contributed by atoms with Crippen LogP contribution in [0.15, 0.2) is 0 Å². The van der Waals surface area contributed by atoms with Gasteiger partial charge in [-0.15, -0.1) is 0 Å². The molecule has 5 nitrogen and oxygen atoms in total. The number of nitrogens with one attached hydrogen (secondary N) is 1. The predicted octanol–water partition coefficient (Wildman–Crippen LogP) is 0.743. The summed E-state index contributed by atoms with van der Waals surface area (Å²) in [5.41, 5.74) is -0.497. The molecule has 86 valence electrons. The van der Waals surface area contributed by atoms with Gasteiger partial charge in [0.15, 0.2) is 0 Å². The van der Waals surface area contributed by atoms with Crippen LogP contribution in [0.2, 0.25) is 0 Å². The van der Waals surface area contributed by atoms with Gasteiger partial charge >= 0.3 is 12.0 Å². The topological polar surface area (TPSA) is 58.6 Å². The summed E-state index contributed by atoms with van der Waals surface area (Å²) >= 11 is 0. The SMILES string of the molecule is CC(C)(C)OC(=O)CN1CCCNC1=O. The van der Waals surface area contributed by atoms with E-state index in [1.807, 2.05) is 0 Å². The molecule has 0 atom stereocenters. The van der Waals surface area contributed by atoms with Crippen molar-refractivity contribution in [1.82, 2.24) is 10.2 Å². The van der Waals surface area contributed by atoms with Crippen LogP contribution in [0.5, 0.6) is 0 Å². The summed E-state index contributed by atoms with van der Waals surface area (Å²) in [7, 11) is 0. The highest BCUT2D eigenvalue weighted by Gasteiger charge is 2.23. The normalized spacial score (nSPS) is 17.3. The van der Waals surface area contributed by atoms with Crippen LogP contribution < -0.4 is 5.32 Å². The van der Waals surface area contributed by atoms with Crippen molar-refractivity contribution in [1.29, 1.82) is 0 Å². The lowest BCUT2D eigenvalue weighted by Crippen LogP contribution is -2.49. The van der Waals surface area contributed by atoms with Crippen molar-refractivity contribution in [2.45, 2.75) is 32.8 Å². The van der Waals surface area contributed by atoms with Gasteiger partial charge in [0.05, 0.1) is 0 Å². The van der Waals surface area contributed by atoms with Crippen LogP contribution in [0, 0.1) is 0 Å². The lowest BCUT2D eigenvalue weighted by Gasteiger charge is -2.28. The van der Waals surface area contributed by atoms with E-state index >= 15 is 0 Å². The molecule has 0 spiro atoms. The Bertz CT molecular complexity index is 258. The first kappa shape index (κ1) is 11.8. The first-order valence-corrected chi connectivity index (χ1v) is 5.13. The summed E-state index contributed by atoms with van der Waals surface area (Å²) in [6, 6.07) is -0.188. The average Bonchev–Trinajstić information content (AvgIpc) is 2.05. The summed E-state index contributed by atoms with van der Waals surface area (Å²) in [5, 5.41) is 2.68. The zero-order chi connectivity index (χ0) is 11.5. The van der Waals surface area contributed by atoms with Crippen LogP contribution in [-0.2, 0) is 9.53 Å². The lowest BCUT2D eigenvalue weighted by atomic mass is 10.2. The number of hydrogen-bond acceptors (Lipinski definition) is 3. The van der Waals surface area contributed by atoms with Crippen molar-refractivity contribution in [3.63, 3.8) is 0 Å². The number of amides is 2. The fourth-order valence-corrected chi connectivity index (χ4v) is 1.36. The van der Waals surface area contributed by atoms with Crippen LogP contribution in [0.1, 0.15) is 27.2 Å². The molecule has 0 aromatic carbocycles. The summed E-state index contributed by atoms with van der Waals surface area (Å²) in [5.74, 6) is -0.362. The van der Waals surface area contributed by atoms with Gasteiger partial charge in [-0.3, -0.25) is 4.79 Å². The first-order chi connectivity index (χ1) is 6.88. The van der Waals surface area contributed by atoms with Gasteiger partial charge in [0, 0.05) is 13.1 Å². The van der Waals surface area contributed by atoms with Gasteiger partial charge < -0.3 is 15.0 Å². The third-order valence-electron chi connectivity index (χ3n) is 1.91. The maximum atomic E-state index is 11.4. The molecule has 1 rings (SSSR count). The molecule has 2 amide bonds. The standard InChI is InChI=1S/C10H18N2O3/c1-10(2,3)15-8(13)7-12-6-4-5-11-9(12)14/h4-7H2,1-3H3,(H,11,14). The van der Waals surface area contributed by atoms with E-state index < -0.39 is 5.60 Å². The molecule has 1 aliphatic rings. The smallest absolute Gasteiger partial charge is 0.326 e. The van der Waals surface area contributed by atoms with Crippen LogP contribution >= 0.6 is 0 Å². The number of carbonyl (C=O) groups excluding carboxylic acids is 2. The van der Waals surface area contributed by atoms with Crippen LogP contribution in [0.3, 0.4) is 0 Å². The number of rotatable bonds is 2. The zero-order valence-electron chi connectivity index (χ0n) is 9.50. The molecule has 1 N–H and O–H groups in total. The van der Waals surface area contributed by atoms with Crippen LogP contribution in [0.25, 0.3) is 0 Å². The maximum absolute atomic E-state index is 11.4. The number of esters is 1. The van der Waals surface area contributed by atoms with Gasteiger partial charge in [0.2, 0.25) is 0 Å². The number of hydrogen-bond donors (Lipinski definition) is 1. The van der Waals surface area contributed by atoms with Gasteiger partial charge in [-0.1, -0.05) is 0 Å². The summed E-state index contributed by atoms with van der Waals surface area (Å²) in [6.45, 7) is 6.75. The molecular formula is C10H18N2O3. The van der Waals surface area contributed by atoms with Gasteiger partial charge in [0.1, 0.15) is 12.1 Å². The van der Waals surface area contributed by atoms with Crippen molar-refractivity contribution in [3.8, 4) is 0 Å². The monoisotopic (exact) mass is 214 g/mol. The molecule has 1 saturated heterocycles.